The molecule has 0 spiro atoms. The predicted molar refractivity (Wildman–Crippen MR) is 178 cm³/mol. The Bertz CT molecular complexity index is 1510. The molecule has 0 radical (unpaired) electrons. The Morgan fingerprint density at radius 1 is 1.09 bits per heavy atom. The van der Waals surface area contributed by atoms with E-state index in [4.69, 9.17) is 10.3 Å². The molecule has 1 fully saturated rings. The fourth-order valence-electron chi connectivity index (χ4n) is 6.54. The molecule has 240 valence electrons. The zero-order valence-corrected chi connectivity index (χ0v) is 26.6. The minimum Gasteiger partial charge on any atom is -0.383 e. The van der Waals surface area contributed by atoms with Crippen molar-refractivity contribution in [3.05, 3.63) is 65.1 Å². The first kappa shape index (κ1) is 31.1. The predicted octanol–water partition coefficient (Wildman–Crippen LogP) is 6.16. The number of rotatable bonds is 3. The minimum atomic E-state index is -0.419. The van der Waals surface area contributed by atoms with Crippen molar-refractivity contribution in [3.63, 3.8) is 0 Å². The van der Waals surface area contributed by atoms with Crippen LogP contribution in [0, 0.1) is 0 Å². The molecule has 3 aromatic rings. The topological polar surface area (TPSA) is 145 Å². The number of urea groups is 1. The first-order valence-electron chi connectivity index (χ1n) is 16.2. The van der Waals surface area contributed by atoms with E-state index in [-0.39, 0.29) is 17.5 Å². The highest BCUT2D eigenvalue weighted by Gasteiger charge is 2.39. The van der Waals surface area contributed by atoms with Crippen LogP contribution in [0.3, 0.4) is 0 Å². The molecule has 11 heteroatoms. The van der Waals surface area contributed by atoms with Gasteiger partial charge in [0, 0.05) is 47.6 Å². The molecule has 5 heterocycles. The summed E-state index contributed by atoms with van der Waals surface area (Å²) in [4.78, 5) is 19.5. The molecular weight excluding hydrogens is 568 g/mol. The van der Waals surface area contributed by atoms with E-state index in [1.165, 1.54) is 6.42 Å². The van der Waals surface area contributed by atoms with E-state index in [9.17, 15) is 9.90 Å². The Morgan fingerprint density at radius 3 is 2.67 bits per heavy atom. The summed E-state index contributed by atoms with van der Waals surface area (Å²) in [6.07, 6.45) is 14.2. The van der Waals surface area contributed by atoms with Gasteiger partial charge in [-0.2, -0.15) is 0 Å². The zero-order chi connectivity index (χ0) is 31.6. The standard InChI is InChI=1S/C34H46N8O3/c1-34(2,3)26-19-27(40-45-26)38-33(44)37-24-16-14-22(15-17-24)30-29-31-23(20-36-32(29)35)11-8-6-4-5-7-9-13-28(43)41-18-10-12-25(21-41)42(31)39-30/h8,11,14-17,19-20,25,28,30,39,43H,4-7,9-10,12-13,18,21H2,1-3H3,(H2,35,36)(H2,37,38,40,44)/b11-8+/t25-,28?,30?/m1/s1. The van der Waals surface area contributed by atoms with Crippen molar-refractivity contribution in [1.29, 1.82) is 0 Å². The lowest BCUT2D eigenvalue weighted by atomic mass is 9.93. The summed E-state index contributed by atoms with van der Waals surface area (Å²) in [7, 11) is 0. The van der Waals surface area contributed by atoms with E-state index in [1.807, 2.05) is 51.2 Å². The number of benzene rings is 1. The van der Waals surface area contributed by atoms with Crippen molar-refractivity contribution in [2.45, 2.75) is 95.9 Å². The number of aliphatic hydroxyl groups excluding tert-OH is 1. The maximum absolute atomic E-state index is 12.7. The number of nitrogens with one attached hydrogen (secondary N) is 3. The van der Waals surface area contributed by atoms with E-state index < -0.39 is 12.3 Å². The molecule has 2 amide bonds. The van der Waals surface area contributed by atoms with E-state index in [0.717, 1.165) is 80.4 Å². The fraction of sp³-hybridized carbons (Fsp3) is 0.500. The molecule has 2 bridgehead atoms. The molecule has 6 rings (SSSR count). The van der Waals surface area contributed by atoms with Crippen LogP contribution in [-0.4, -0.2) is 51.5 Å². The Morgan fingerprint density at radius 2 is 1.89 bits per heavy atom. The SMILES string of the molecule is CC(C)(C)c1cc(NC(=O)Nc2ccc(C3NN4c5c(cnc(N)c53)/C=C/CCCCCCC(O)N3CCC[C@@H]4C3)cc2)no1. The van der Waals surface area contributed by atoms with Gasteiger partial charge < -0.3 is 25.7 Å². The summed E-state index contributed by atoms with van der Waals surface area (Å²) in [5.74, 6) is 1.55. The van der Waals surface area contributed by atoms with Gasteiger partial charge in [-0.05, 0) is 56.2 Å². The largest absolute Gasteiger partial charge is 0.383 e. The molecule has 4 atom stereocenters. The molecular formula is C34H46N8O3. The number of carbonyl (C=O) groups excluding carboxylic acids is 1. The maximum Gasteiger partial charge on any atom is 0.324 e. The molecule has 0 aliphatic carbocycles. The summed E-state index contributed by atoms with van der Waals surface area (Å²) in [6, 6.07) is 9.05. The molecule has 45 heavy (non-hydrogen) atoms. The van der Waals surface area contributed by atoms with Gasteiger partial charge in [-0.25, -0.2) is 15.2 Å². The average Bonchev–Trinajstić information content (AvgIpc) is 3.66. The fourth-order valence-corrected chi connectivity index (χ4v) is 6.54. The lowest BCUT2D eigenvalue weighted by Gasteiger charge is -2.41. The molecule has 11 nitrogen and oxygen atoms in total. The van der Waals surface area contributed by atoms with Crippen LogP contribution in [-0.2, 0) is 5.41 Å². The van der Waals surface area contributed by atoms with E-state index in [1.54, 1.807) is 6.07 Å². The summed E-state index contributed by atoms with van der Waals surface area (Å²) in [5, 5.41) is 22.9. The molecule has 3 aliphatic rings. The molecule has 3 aliphatic heterocycles. The second kappa shape index (κ2) is 13.2. The van der Waals surface area contributed by atoms with Gasteiger partial charge in [0.25, 0.3) is 0 Å². The monoisotopic (exact) mass is 614 g/mol. The van der Waals surface area contributed by atoms with Gasteiger partial charge in [-0.1, -0.05) is 63.1 Å². The lowest BCUT2D eigenvalue weighted by molar-refractivity contribution is -0.0204. The summed E-state index contributed by atoms with van der Waals surface area (Å²) in [5.41, 5.74) is 14.9. The van der Waals surface area contributed by atoms with Crippen LogP contribution in [0.2, 0.25) is 0 Å². The van der Waals surface area contributed by atoms with Crippen molar-refractivity contribution in [2.75, 3.05) is 34.5 Å². The minimum absolute atomic E-state index is 0.163. The van der Waals surface area contributed by atoms with Crippen LogP contribution < -0.4 is 26.8 Å². The normalized spacial score (nSPS) is 24.7. The van der Waals surface area contributed by atoms with Crippen LogP contribution in [0.25, 0.3) is 6.08 Å². The van der Waals surface area contributed by atoms with Gasteiger partial charge in [0.05, 0.1) is 17.8 Å². The van der Waals surface area contributed by atoms with Gasteiger partial charge in [0.1, 0.15) is 17.8 Å². The van der Waals surface area contributed by atoms with Gasteiger partial charge in [0.15, 0.2) is 5.82 Å². The number of nitrogens with two attached hydrogens (primary N) is 1. The molecule has 0 saturated carbocycles. The van der Waals surface area contributed by atoms with Crippen molar-refractivity contribution in [1.82, 2.24) is 20.5 Å². The zero-order valence-electron chi connectivity index (χ0n) is 26.6. The van der Waals surface area contributed by atoms with Crippen molar-refractivity contribution in [2.24, 2.45) is 0 Å². The third-order valence-electron chi connectivity index (χ3n) is 9.03. The van der Waals surface area contributed by atoms with E-state index in [2.05, 4.69) is 48.3 Å². The second-order valence-corrected chi connectivity index (χ2v) is 13.5. The number of hydrazine groups is 1. The average molecular weight is 615 g/mol. The van der Waals surface area contributed by atoms with E-state index >= 15 is 0 Å². The van der Waals surface area contributed by atoms with Gasteiger partial charge in [0.2, 0.25) is 0 Å². The molecule has 3 unspecified atom stereocenters. The quantitative estimate of drug-likeness (QED) is 0.234. The number of anilines is 4. The molecule has 1 saturated heterocycles. The number of fused-ring (bicyclic) bond motifs is 3. The Hall–Kier alpha value is -3.93. The highest BCUT2D eigenvalue weighted by molar-refractivity contribution is 5.99. The van der Waals surface area contributed by atoms with Crippen LogP contribution in [0.4, 0.5) is 27.8 Å². The lowest BCUT2D eigenvalue weighted by Crippen LogP contribution is -2.54. The smallest absolute Gasteiger partial charge is 0.324 e. The van der Waals surface area contributed by atoms with Crippen LogP contribution in [0.15, 0.2) is 47.1 Å². The Kier molecular flexibility index (Phi) is 9.11. The van der Waals surface area contributed by atoms with Crippen molar-refractivity contribution >= 4 is 35.1 Å². The third kappa shape index (κ3) is 7.00. The number of nitrogens with zero attached hydrogens (tertiary/aromatic N) is 4. The number of allylic oxidation sites excluding steroid dienone is 1. The first-order chi connectivity index (χ1) is 21.7. The van der Waals surface area contributed by atoms with Gasteiger partial charge in [-0.15, -0.1) is 0 Å². The van der Waals surface area contributed by atoms with Crippen LogP contribution in [0.1, 0.15) is 101 Å². The molecule has 2 aromatic heterocycles. The highest BCUT2D eigenvalue weighted by Crippen LogP contribution is 2.44. The third-order valence-corrected chi connectivity index (χ3v) is 9.03. The summed E-state index contributed by atoms with van der Waals surface area (Å²) >= 11 is 0. The molecule has 6 N–H and O–H groups in total. The van der Waals surface area contributed by atoms with Crippen LogP contribution >= 0.6 is 0 Å². The van der Waals surface area contributed by atoms with Crippen molar-refractivity contribution < 1.29 is 14.4 Å². The number of amides is 2. The number of piperidine rings is 1. The van der Waals surface area contributed by atoms with Crippen molar-refractivity contribution in [3.8, 4) is 0 Å². The molecule has 1 aromatic carbocycles. The van der Waals surface area contributed by atoms with E-state index in [0.29, 0.717) is 23.1 Å². The number of aromatic nitrogens is 2. The number of nitrogen functional groups attached to an aromatic ring is 1. The number of hydrogen-bond acceptors (Lipinski definition) is 9. The van der Waals surface area contributed by atoms with Crippen LogP contribution in [0.5, 0.6) is 0 Å². The van der Waals surface area contributed by atoms with Gasteiger partial charge >= 0.3 is 6.03 Å². The highest BCUT2D eigenvalue weighted by atomic mass is 16.5. The number of aliphatic hydroxyl groups is 1. The number of carbonyl (C=O) groups is 1. The summed E-state index contributed by atoms with van der Waals surface area (Å²) in [6.45, 7) is 7.74. The number of pyridine rings is 1. The number of hydrogen-bond donors (Lipinski definition) is 5. The first-order valence-corrected chi connectivity index (χ1v) is 16.2. The Balaban J connectivity index is 1.24. The maximum atomic E-state index is 12.7. The van der Waals surface area contributed by atoms with Gasteiger partial charge in [-0.3, -0.25) is 10.2 Å². The Labute approximate surface area is 265 Å². The second-order valence-electron chi connectivity index (χ2n) is 13.5. The summed E-state index contributed by atoms with van der Waals surface area (Å²) < 4.78 is 5.37.